The van der Waals surface area contributed by atoms with Crippen molar-refractivity contribution in [3.63, 3.8) is 0 Å². The van der Waals surface area contributed by atoms with Gasteiger partial charge < -0.3 is 89.7 Å². The first-order valence-corrected chi connectivity index (χ1v) is 43.6. The van der Waals surface area contributed by atoms with E-state index in [1.807, 2.05) is 194 Å². The van der Waals surface area contributed by atoms with Crippen molar-refractivity contribution in [3.8, 4) is 36.7 Å². The van der Waals surface area contributed by atoms with E-state index in [0.29, 0.717) is 86.4 Å². The molecule has 0 spiro atoms. The van der Waals surface area contributed by atoms with Gasteiger partial charge in [0.2, 0.25) is 5.79 Å². The van der Waals surface area contributed by atoms with Gasteiger partial charge in [-0.25, -0.2) is 28.5 Å². The first-order chi connectivity index (χ1) is 59.5. The number of hydrogen-bond donors (Lipinski definition) is 8. The molecule has 3 aliphatic rings. The van der Waals surface area contributed by atoms with Gasteiger partial charge in [-0.15, -0.1) is 24.8 Å². The second-order valence-corrected chi connectivity index (χ2v) is 35.3. The molecule has 35 heteroatoms. The van der Waals surface area contributed by atoms with Crippen LogP contribution in [0, 0.1) is 36.7 Å². The summed E-state index contributed by atoms with van der Waals surface area (Å²) in [5, 5.41) is 62.2. The standard InChI is InChI=1S/C34H32N4O4.C32H32N4O5.C13H14N4O4.C5H10Si.C2H5BF.C2H6O.BCl3.F2/c1-2-34(30-19-18-28-33(35)36-24-37-38(28)30)32(41-22-27-16-10-5-11-17-27)31(40-21-26-14-8-4-9-15-26)29(42-34)23-39-20-25-12-6-3-7-13-25;33-31-26-16-17-28(36(26)35-22-34-31)32(37)30(40-20-25-14-8-3-9-15-25)29(39-19-24-12-6-2-7-13-24)27(41-32)21-38-18-23-10-4-1-5-11-23;1-2-13(11(20)10(19)8(5-18)21-13)9-4-3-7-12(14)15-6-16-17(7)9;1-5-6(2,3)4;1-2-3-4;1-2-3;2-1(3)4;1-2/h1,3-19,24,29,31-32H,20-23H2,(H2,35,36,37);1-17,22,27,29-30,37H,18-21H2,(H2,33,34,35);1,3-4,6,8,10-11,18-20H,5H2,(H2,14,15,16);1H,2-4H3;2H2,1H3;3H,2H2,1H3;;/t29-,31-,32-,34+;27-,29-,30-,32?;8-,10-,11-,13+;;;;;/m111...../s1. The first-order valence-electron chi connectivity index (χ1n) is 38.8. The summed E-state index contributed by atoms with van der Waals surface area (Å²) in [7, 11) is -0.478. The van der Waals surface area contributed by atoms with E-state index < -0.39 is 91.6 Å². The number of nitrogen functional groups attached to an aromatic ring is 3. The van der Waals surface area contributed by atoms with Crippen LogP contribution in [0.5, 0.6) is 0 Å². The minimum Gasteiger partial charge on any atom is -0.397 e. The second-order valence-electron chi connectivity index (χ2n) is 28.5. The Morgan fingerprint density at radius 2 is 0.772 bits per heavy atom. The lowest BCUT2D eigenvalue weighted by molar-refractivity contribution is -0.256. The summed E-state index contributed by atoms with van der Waals surface area (Å²) in [6, 6.07) is 69.8. The van der Waals surface area contributed by atoms with Crippen molar-refractivity contribution in [1.29, 1.82) is 0 Å². The van der Waals surface area contributed by atoms with Crippen molar-refractivity contribution in [2.24, 2.45) is 0 Å². The molecular formula is C88H99B2Cl3F3N12O14Si. The molecule has 6 aromatic heterocycles. The SMILES string of the molecule is C#C[C@@]1(c2ccc3c(N)ncnn23)O[C@H](CO)[C@@H](O)[C@H]1O.C#C[C@@]1(c2ccc3c(N)ncnn23)O[C@H](COCc2ccccc2)[C@@H](OCc2ccccc2)[C@H]1OCc1ccccc1.C#C[Si](C)(C)C.CCO.CC[B]F.ClB(Cl)Cl.FF.Nc1ncnn2c(C3(O)O[C@H](COCc4ccccc4)[C@@H](OCc4ccccc4)[C@H]3OCc3ccccc3)ccc12. The highest BCUT2D eigenvalue weighted by atomic mass is 35.6. The van der Waals surface area contributed by atoms with E-state index in [-0.39, 0.29) is 38.1 Å². The first kappa shape index (κ1) is 98.1. The van der Waals surface area contributed by atoms with E-state index in [2.05, 4.69) is 67.3 Å². The Morgan fingerprint density at radius 1 is 0.480 bits per heavy atom. The van der Waals surface area contributed by atoms with Crippen LogP contribution in [0.25, 0.3) is 16.6 Å². The number of fused-ring (bicyclic) bond motifs is 3. The van der Waals surface area contributed by atoms with Gasteiger partial charge in [-0.1, -0.05) is 220 Å². The van der Waals surface area contributed by atoms with Gasteiger partial charge in [0.25, 0.3) is 0 Å². The largest absolute Gasteiger partial charge is 0.450 e. The van der Waals surface area contributed by atoms with Crippen LogP contribution in [-0.2, 0) is 99.3 Å². The Bertz CT molecular complexity index is 5240. The van der Waals surface area contributed by atoms with Crippen LogP contribution in [0.3, 0.4) is 0 Å². The Kier molecular flexibility index (Phi) is 39.3. The molecule has 9 heterocycles. The van der Waals surface area contributed by atoms with Crippen LogP contribution in [0.4, 0.5) is 30.9 Å². The number of ether oxygens (including phenoxy) is 9. The van der Waals surface area contributed by atoms with Gasteiger partial charge in [-0.05, 0) is 83.0 Å². The molecule has 1 unspecified atom stereocenters. The number of anilines is 3. The number of nitrogens with zero attached hydrogens (tertiary/aromatic N) is 9. The molecule has 0 saturated carbocycles. The van der Waals surface area contributed by atoms with Gasteiger partial charge >= 0.3 is 12.5 Å². The Hall–Kier alpha value is -10.3. The number of halogens is 6. The van der Waals surface area contributed by atoms with Crippen molar-refractivity contribution in [2.75, 3.05) is 43.6 Å². The van der Waals surface area contributed by atoms with E-state index in [1.165, 1.54) is 28.0 Å². The van der Waals surface area contributed by atoms with E-state index in [9.17, 15) is 24.7 Å². The summed E-state index contributed by atoms with van der Waals surface area (Å²) in [5.41, 5.74) is 26.8. The molecule has 1 radical (unpaired) electrons. The summed E-state index contributed by atoms with van der Waals surface area (Å²) in [5.74, 6) is 4.25. The molecule has 6 aromatic carbocycles. The van der Waals surface area contributed by atoms with Gasteiger partial charge in [0.1, 0.15) is 104 Å². The van der Waals surface area contributed by atoms with Crippen LogP contribution in [0.1, 0.15) is 64.3 Å². The number of nitrogens with two attached hydrogens (primary N) is 3. The normalized spacial score (nSPS) is 21.6. The third kappa shape index (κ3) is 26.4. The van der Waals surface area contributed by atoms with E-state index in [4.69, 9.17) is 128 Å². The lowest BCUT2D eigenvalue weighted by Gasteiger charge is -2.31. The van der Waals surface area contributed by atoms with Crippen molar-refractivity contribution >= 4 is 89.0 Å². The number of aliphatic hydroxyl groups is 5. The van der Waals surface area contributed by atoms with Crippen LogP contribution in [0.2, 0.25) is 26.0 Å². The highest BCUT2D eigenvalue weighted by Gasteiger charge is 2.61. The van der Waals surface area contributed by atoms with Gasteiger partial charge in [-0.3, -0.25) is 0 Å². The molecule has 647 valence electrons. The van der Waals surface area contributed by atoms with Crippen molar-refractivity contribution in [1.82, 2.24) is 43.8 Å². The molecule has 3 aliphatic heterocycles. The summed E-state index contributed by atoms with van der Waals surface area (Å²) in [6.07, 6.45) is 13.8. The number of aromatic nitrogens is 9. The molecule has 3 fully saturated rings. The number of benzene rings is 6. The maximum absolute atomic E-state index is 12.3. The average Bonchev–Trinajstić information content (AvgIpc) is 1.59. The zero-order chi connectivity index (χ0) is 89.0. The maximum atomic E-state index is 12.3. The van der Waals surface area contributed by atoms with E-state index in [0.717, 1.165) is 33.4 Å². The molecular weight excluding hydrogens is 1660 g/mol. The van der Waals surface area contributed by atoms with Gasteiger partial charge in [0.15, 0.2) is 28.7 Å². The van der Waals surface area contributed by atoms with Crippen molar-refractivity contribution in [2.45, 2.75) is 151 Å². The van der Waals surface area contributed by atoms with Crippen molar-refractivity contribution in [3.05, 3.63) is 288 Å². The summed E-state index contributed by atoms with van der Waals surface area (Å²) in [6.45, 7) is 12.1. The van der Waals surface area contributed by atoms with Crippen LogP contribution in [-0.4, -0.2) is 171 Å². The lowest BCUT2D eigenvalue weighted by atomic mass is 9.91. The van der Waals surface area contributed by atoms with Gasteiger partial charge in [0.05, 0.1) is 70.8 Å². The molecule has 15 rings (SSSR count). The monoisotopic (exact) mass is 1760 g/mol. The molecule has 26 nitrogen and oxygen atoms in total. The Morgan fingerprint density at radius 3 is 1.10 bits per heavy atom. The maximum Gasteiger partial charge on any atom is 0.450 e. The van der Waals surface area contributed by atoms with E-state index >= 15 is 0 Å². The summed E-state index contributed by atoms with van der Waals surface area (Å²) < 4.78 is 88.5. The number of terminal acetylenes is 3. The predicted molar refractivity (Wildman–Crippen MR) is 471 cm³/mol. The molecule has 11 N–H and O–H groups in total. The number of hydrogen-bond acceptors (Lipinski definition) is 23. The van der Waals surface area contributed by atoms with Gasteiger partial charge in [0, 0.05) is 15.8 Å². The van der Waals surface area contributed by atoms with Crippen molar-refractivity contribution < 1.29 is 81.6 Å². The third-order valence-electron chi connectivity index (χ3n) is 18.9. The Balaban J connectivity index is 0.000000214. The molecule has 0 amide bonds. The third-order valence-corrected chi connectivity index (χ3v) is 19.8. The lowest BCUT2D eigenvalue weighted by Crippen LogP contribution is -2.45. The predicted octanol–water partition coefficient (Wildman–Crippen LogP) is 12.5. The smallest absolute Gasteiger partial charge is 0.397 e. The summed E-state index contributed by atoms with van der Waals surface area (Å²) in [4.78, 5) is 11.3. The second kappa shape index (κ2) is 49.3. The van der Waals surface area contributed by atoms with Crippen LogP contribution in [0.15, 0.2) is 237 Å². The molecule has 0 bridgehead atoms. The fourth-order valence-corrected chi connectivity index (χ4v) is 13.1. The molecule has 3 saturated heterocycles. The highest BCUT2D eigenvalue weighted by Crippen LogP contribution is 2.46. The highest BCUT2D eigenvalue weighted by molar-refractivity contribution is 7.54. The van der Waals surface area contributed by atoms with Crippen LogP contribution >= 0.6 is 34.4 Å². The fraction of sp³-hybridized carbons (Fsp3) is 0.318. The summed E-state index contributed by atoms with van der Waals surface area (Å²) >= 11 is 14.4. The zero-order valence-electron chi connectivity index (χ0n) is 68.3. The fourth-order valence-electron chi connectivity index (χ4n) is 13.1. The van der Waals surface area contributed by atoms with Gasteiger partial charge in [-0.2, -0.15) is 49.7 Å². The quantitative estimate of drug-likeness (QED) is 0.0195. The topological polar surface area (TPSA) is 353 Å². The number of rotatable bonds is 25. The number of aliphatic hydroxyl groups excluding tert-OH is 4. The Labute approximate surface area is 729 Å². The minimum atomic E-state index is -1.93. The molecule has 12 aromatic rings. The molecule has 12 atom stereocenters. The molecule has 123 heavy (non-hydrogen) atoms. The molecule has 0 aliphatic carbocycles. The van der Waals surface area contributed by atoms with E-state index in [1.54, 1.807) is 42.6 Å². The minimum absolute atomic E-state index is 0.169. The zero-order valence-corrected chi connectivity index (χ0v) is 71.6. The average molecular weight is 1760 g/mol. The van der Waals surface area contributed by atoms with Crippen LogP contribution < -0.4 is 17.2 Å².